The fourth-order valence-electron chi connectivity index (χ4n) is 5.88. The number of thiazole rings is 1. The number of fused-ring (bicyclic) bond motifs is 2. The lowest BCUT2D eigenvalue weighted by molar-refractivity contribution is -0.665. The smallest absolute Gasteiger partial charge is 0.336 e. The second-order valence-corrected chi connectivity index (χ2v) is 18.3. The van der Waals surface area contributed by atoms with Crippen LogP contribution in [0.4, 0.5) is 19.0 Å². The molecule has 2 heterocycles. The molecule has 298 valence electrons. The van der Waals surface area contributed by atoms with E-state index in [1.807, 2.05) is 33.8 Å². The molecule has 3 unspecified atom stereocenters. The first kappa shape index (κ1) is 46.7. The lowest BCUT2D eigenvalue weighted by atomic mass is 9.97. The normalized spacial score (nSPS) is 14.9. The molecule has 1 aromatic heterocycles. The van der Waals surface area contributed by atoms with Gasteiger partial charge in [0.1, 0.15) is 11.2 Å². The first-order chi connectivity index (χ1) is 25.3. The summed E-state index contributed by atoms with van der Waals surface area (Å²) in [4.78, 5) is 3.56. The third-order valence-electron chi connectivity index (χ3n) is 8.98. The molecular formula is C38H58F3N4O4S4+. The van der Waals surface area contributed by atoms with Gasteiger partial charge in [0.05, 0.1) is 10.7 Å². The highest BCUT2D eigenvalue weighted by molar-refractivity contribution is 8.03. The van der Waals surface area contributed by atoms with Crippen LogP contribution in [0.15, 0.2) is 75.4 Å². The van der Waals surface area contributed by atoms with Crippen LogP contribution in [0.2, 0.25) is 0 Å². The van der Waals surface area contributed by atoms with Gasteiger partial charge < -0.3 is 4.90 Å². The van der Waals surface area contributed by atoms with Crippen LogP contribution in [0.25, 0.3) is 16.3 Å². The van der Waals surface area contributed by atoms with Gasteiger partial charge >= 0.3 is 16.0 Å². The van der Waals surface area contributed by atoms with Gasteiger partial charge in [0, 0.05) is 36.7 Å². The summed E-state index contributed by atoms with van der Waals surface area (Å²) in [6.07, 6.45) is 8.55. The van der Waals surface area contributed by atoms with Crippen LogP contribution >= 0.6 is 23.1 Å². The summed E-state index contributed by atoms with van der Waals surface area (Å²) in [5.74, 6) is -3.87. The quantitative estimate of drug-likeness (QED) is 0.112. The van der Waals surface area contributed by atoms with E-state index in [0.717, 1.165) is 60.9 Å². The Balaban J connectivity index is 0.000000314. The Bertz CT molecular complexity index is 1800. The van der Waals surface area contributed by atoms with Crippen LogP contribution in [0.1, 0.15) is 97.9 Å². The molecule has 0 saturated carbocycles. The number of halogens is 3. The average molecular weight is 820 g/mol. The predicted molar refractivity (Wildman–Crippen MR) is 218 cm³/mol. The minimum absolute atomic E-state index is 0.00232. The summed E-state index contributed by atoms with van der Waals surface area (Å²) >= 11 is 3.55. The SMILES string of the molecule is C=C1Sc2ccccc2N1CC.C=Cc1sc2ccccc2[n+]1CC.CCCCC(CC)CN(CC(CC)CCCC)S(=O)(=O)N=S(=O)(OF)C(F)F. The largest absolute Gasteiger partial charge is 0.346 e. The van der Waals surface area contributed by atoms with Gasteiger partial charge in [0.25, 0.3) is 15.0 Å². The Morgan fingerprint density at radius 3 is 1.98 bits per heavy atom. The third-order valence-corrected chi connectivity index (χ3v) is 14.3. The Labute approximate surface area is 325 Å². The van der Waals surface area contributed by atoms with Gasteiger partial charge in [0.2, 0.25) is 5.52 Å². The Kier molecular flexibility index (Phi) is 20.7. The molecule has 3 atom stereocenters. The fourth-order valence-corrected chi connectivity index (χ4v) is 10.6. The van der Waals surface area contributed by atoms with Gasteiger partial charge in [-0.05, 0) is 61.3 Å². The number of alkyl halides is 2. The van der Waals surface area contributed by atoms with Crippen LogP contribution < -0.4 is 9.47 Å². The van der Waals surface area contributed by atoms with Crippen LogP contribution in [0, 0.1) is 11.8 Å². The molecule has 8 nitrogen and oxygen atoms in total. The summed E-state index contributed by atoms with van der Waals surface area (Å²) in [5.41, 5.74) is 2.61. The molecule has 0 amide bonds. The Morgan fingerprint density at radius 2 is 1.49 bits per heavy atom. The van der Waals surface area contributed by atoms with Gasteiger partial charge in [-0.15, -0.1) is 0 Å². The predicted octanol–water partition coefficient (Wildman–Crippen LogP) is 11.4. The lowest BCUT2D eigenvalue weighted by Gasteiger charge is -2.28. The maximum absolute atomic E-state index is 12.9. The molecule has 0 fully saturated rings. The number of unbranched alkanes of at least 4 members (excludes halogenated alkanes) is 2. The number of thioether (sulfide) groups is 1. The molecule has 1 aliphatic rings. The van der Waals surface area contributed by atoms with E-state index in [-0.39, 0.29) is 24.9 Å². The molecule has 0 saturated heterocycles. The molecule has 0 radical (unpaired) electrons. The summed E-state index contributed by atoms with van der Waals surface area (Å²) in [6, 6.07) is 16.9. The zero-order valence-electron chi connectivity index (χ0n) is 32.0. The van der Waals surface area contributed by atoms with Crippen molar-refractivity contribution in [2.24, 2.45) is 15.6 Å². The number of rotatable bonds is 19. The highest BCUT2D eigenvalue weighted by Crippen LogP contribution is 2.44. The van der Waals surface area contributed by atoms with E-state index in [2.05, 4.69) is 93.2 Å². The molecule has 15 heteroatoms. The molecule has 3 aromatic rings. The molecule has 0 spiro atoms. The van der Waals surface area contributed by atoms with Gasteiger partial charge in [-0.25, -0.2) is 4.21 Å². The maximum Gasteiger partial charge on any atom is 0.346 e. The van der Waals surface area contributed by atoms with E-state index >= 15 is 0 Å². The summed E-state index contributed by atoms with van der Waals surface area (Å²) in [7, 11) is -10.0. The standard InChI is InChI=1S/C17H35F3N2O4S2.C11H12NS.C10H11NS/c1-5-9-11-15(7-3)13-22(14-16(8-4)12-10-6-2)28(24,25)21-27(23,26-20)17(18)19;1-3-11-12(4-2)9-7-5-6-8-10(9)13-11;1-3-11-8(2)12-10-7-5-4-6-9(10)11/h15-17H,5-14H2,1-4H3;3,5-8H,1,4H2,2H3;4-7H,2-3H2,1H3/q;+1;. The zero-order valence-corrected chi connectivity index (χ0v) is 35.3. The molecule has 0 aliphatic carbocycles. The van der Waals surface area contributed by atoms with Crippen LogP contribution in [-0.2, 0) is 31.2 Å². The Morgan fingerprint density at radius 1 is 0.925 bits per heavy atom. The summed E-state index contributed by atoms with van der Waals surface area (Å²) in [5, 5.41) is 2.38. The number of anilines is 1. The van der Waals surface area contributed by atoms with Gasteiger partial charge in [-0.3, -0.25) is 0 Å². The van der Waals surface area contributed by atoms with Gasteiger partial charge in [0.15, 0.2) is 0 Å². The van der Waals surface area contributed by atoms with E-state index < -0.39 is 26.0 Å². The van der Waals surface area contributed by atoms with Gasteiger partial charge in [-0.1, -0.05) is 135 Å². The van der Waals surface area contributed by atoms with E-state index in [0.29, 0.717) is 12.8 Å². The minimum atomic E-state index is -5.27. The highest BCUT2D eigenvalue weighted by atomic mass is 32.3. The van der Waals surface area contributed by atoms with Crippen molar-refractivity contribution in [2.45, 2.75) is 110 Å². The van der Waals surface area contributed by atoms with E-state index in [1.54, 1.807) is 23.1 Å². The number of hydrogen-bond donors (Lipinski definition) is 0. The maximum atomic E-state index is 12.9. The van der Waals surface area contributed by atoms with Crippen LogP contribution in [-0.4, -0.2) is 42.3 Å². The van der Waals surface area contributed by atoms with E-state index in [4.69, 9.17) is 0 Å². The van der Waals surface area contributed by atoms with Crippen molar-refractivity contribution in [1.82, 2.24) is 4.31 Å². The highest BCUT2D eigenvalue weighted by Gasteiger charge is 2.33. The fraction of sp³-hybridized carbons (Fsp3) is 0.553. The van der Waals surface area contributed by atoms with Crippen molar-refractivity contribution < 1.29 is 34.9 Å². The van der Waals surface area contributed by atoms with Crippen molar-refractivity contribution in [2.75, 3.05) is 24.5 Å². The van der Waals surface area contributed by atoms with E-state index in [9.17, 15) is 25.9 Å². The second kappa shape index (κ2) is 23.5. The monoisotopic (exact) mass is 819 g/mol. The summed E-state index contributed by atoms with van der Waals surface area (Å²) in [6.45, 7) is 22.2. The van der Waals surface area contributed by atoms with E-state index in [1.165, 1.54) is 25.8 Å². The number of benzene rings is 2. The molecule has 0 bridgehead atoms. The van der Waals surface area contributed by atoms with Crippen molar-refractivity contribution in [3.63, 3.8) is 0 Å². The first-order valence-corrected chi connectivity index (χ1v) is 22.9. The topological polar surface area (TPSA) is 83.2 Å². The average Bonchev–Trinajstić information content (AvgIpc) is 3.69. The van der Waals surface area contributed by atoms with Crippen molar-refractivity contribution in [3.05, 3.63) is 71.7 Å². The first-order valence-electron chi connectivity index (χ1n) is 18.4. The number of hydrogen-bond acceptors (Lipinski definition) is 7. The molecule has 53 heavy (non-hydrogen) atoms. The second-order valence-electron chi connectivity index (χ2n) is 12.6. The lowest BCUT2D eigenvalue weighted by Crippen LogP contribution is -2.38. The molecule has 4 rings (SSSR count). The number of para-hydroxylation sites is 2. The molecule has 0 N–H and O–H groups in total. The van der Waals surface area contributed by atoms with Gasteiger partial charge in [-0.2, -0.15) is 26.1 Å². The van der Waals surface area contributed by atoms with Crippen LogP contribution in [0.3, 0.4) is 0 Å². The number of aromatic nitrogens is 1. The minimum Gasteiger partial charge on any atom is -0.336 e. The number of aryl methyl sites for hydroxylation is 1. The molecule has 1 aliphatic heterocycles. The number of nitrogens with zero attached hydrogens (tertiary/aromatic N) is 4. The third kappa shape index (κ3) is 13.7. The van der Waals surface area contributed by atoms with Crippen LogP contribution in [0.5, 0.6) is 0 Å². The zero-order chi connectivity index (χ0) is 39.6. The summed E-state index contributed by atoms with van der Waals surface area (Å²) < 4.78 is 85.2. The van der Waals surface area contributed by atoms with Crippen molar-refractivity contribution in [3.8, 4) is 0 Å². The Hall–Kier alpha value is -2.43. The van der Waals surface area contributed by atoms with Crippen molar-refractivity contribution in [1.29, 1.82) is 0 Å². The molecule has 2 aromatic carbocycles. The molecular weight excluding hydrogens is 762 g/mol. The van der Waals surface area contributed by atoms with Crippen molar-refractivity contribution >= 4 is 65.3 Å².